The Labute approximate surface area is 100 Å². The van der Waals surface area contributed by atoms with E-state index in [9.17, 15) is 4.79 Å². The summed E-state index contributed by atoms with van der Waals surface area (Å²) in [5.41, 5.74) is 1.82. The normalized spacial score (nSPS) is 27.1. The Morgan fingerprint density at radius 1 is 1.59 bits per heavy atom. The van der Waals surface area contributed by atoms with Crippen molar-refractivity contribution in [2.75, 3.05) is 13.1 Å². The van der Waals surface area contributed by atoms with Crippen LogP contribution in [-0.2, 0) is 17.9 Å². The minimum atomic E-state index is -0.323. The maximum atomic E-state index is 11.9. The van der Waals surface area contributed by atoms with E-state index in [2.05, 4.69) is 21.9 Å². The van der Waals surface area contributed by atoms with Crippen LogP contribution in [0.15, 0.2) is 24.5 Å². The topological polar surface area (TPSA) is 50.2 Å². The van der Waals surface area contributed by atoms with Crippen molar-refractivity contribution in [1.82, 2.24) is 20.0 Å². The third-order valence-corrected chi connectivity index (χ3v) is 3.71. The highest BCUT2D eigenvalue weighted by Gasteiger charge is 2.49. The highest BCUT2D eigenvalue weighted by atomic mass is 16.2. The molecule has 1 N–H and O–H groups in total. The van der Waals surface area contributed by atoms with E-state index < -0.39 is 0 Å². The van der Waals surface area contributed by atoms with Gasteiger partial charge in [0.1, 0.15) is 5.41 Å². The smallest absolute Gasteiger partial charge is 0.231 e. The summed E-state index contributed by atoms with van der Waals surface area (Å²) in [5.74, 6) is 0.132. The van der Waals surface area contributed by atoms with Crippen molar-refractivity contribution in [3.05, 3.63) is 30.2 Å². The van der Waals surface area contributed by atoms with Crippen LogP contribution in [0.5, 0.6) is 0 Å². The lowest BCUT2D eigenvalue weighted by Gasteiger charge is -2.42. The number of β-lactam (4-membered cyclic amide) rings is 1. The molecule has 2 aliphatic heterocycles. The molecule has 1 atom stereocenters. The molecule has 1 spiro atoms. The SMILES string of the molecule is C=C(C)N1Cc2ccnn2CC2(CNC2=O)C1. The molecule has 17 heavy (non-hydrogen) atoms. The summed E-state index contributed by atoms with van der Waals surface area (Å²) in [5, 5.41) is 7.15. The third-order valence-electron chi connectivity index (χ3n) is 3.71. The second kappa shape index (κ2) is 3.35. The Morgan fingerprint density at radius 3 is 3.00 bits per heavy atom. The van der Waals surface area contributed by atoms with Crippen LogP contribution < -0.4 is 5.32 Å². The molecular formula is C12H16N4O. The minimum Gasteiger partial charge on any atom is -0.368 e. The predicted molar refractivity (Wildman–Crippen MR) is 62.9 cm³/mol. The fraction of sp³-hybridized carbons (Fsp3) is 0.500. The van der Waals surface area contributed by atoms with E-state index in [0.29, 0.717) is 6.54 Å². The van der Waals surface area contributed by atoms with E-state index in [-0.39, 0.29) is 11.3 Å². The Hall–Kier alpha value is -1.78. The monoisotopic (exact) mass is 232 g/mol. The molecule has 1 unspecified atom stereocenters. The lowest BCUT2D eigenvalue weighted by atomic mass is 9.80. The summed E-state index contributed by atoms with van der Waals surface area (Å²) >= 11 is 0. The Morgan fingerprint density at radius 2 is 2.41 bits per heavy atom. The van der Waals surface area contributed by atoms with E-state index in [4.69, 9.17) is 0 Å². The number of carbonyl (C=O) groups excluding carboxylic acids is 1. The predicted octanol–water partition coefficient (Wildman–Crippen LogP) is 0.348. The number of hydrogen-bond acceptors (Lipinski definition) is 3. The standard InChI is InChI=1S/C12H16N4O/c1-9(2)15-5-10-3-4-14-16(10)8-12(7-15)6-13-11(12)17/h3-4H,1,5-8H2,2H3,(H,13,17). The molecule has 1 aromatic rings. The van der Waals surface area contributed by atoms with Gasteiger partial charge in [-0.1, -0.05) is 6.58 Å². The molecule has 0 radical (unpaired) electrons. The van der Waals surface area contributed by atoms with Gasteiger partial charge < -0.3 is 10.2 Å². The highest BCUT2D eigenvalue weighted by molar-refractivity contribution is 5.89. The van der Waals surface area contributed by atoms with E-state index in [1.807, 2.05) is 17.7 Å². The van der Waals surface area contributed by atoms with Crippen LogP contribution in [0.1, 0.15) is 12.6 Å². The van der Waals surface area contributed by atoms with Crippen molar-refractivity contribution in [3.8, 4) is 0 Å². The average molecular weight is 232 g/mol. The molecule has 5 nitrogen and oxygen atoms in total. The number of fused-ring (bicyclic) bond motifs is 1. The van der Waals surface area contributed by atoms with Gasteiger partial charge in [0.25, 0.3) is 0 Å². The second-order valence-electron chi connectivity index (χ2n) is 5.03. The third kappa shape index (κ3) is 1.45. The van der Waals surface area contributed by atoms with E-state index in [0.717, 1.165) is 31.0 Å². The fourth-order valence-electron chi connectivity index (χ4n) is 2.53. The molecule has 1 saturated heterocycles. The maximum Gasteiger partial charge on any atom is 0.231 e. The molecule has 0 aliphatic carbocycles. The van der Waals surface area contributed by atoms with Crippen molar-refractivity contribution in [1.29, 1.82) is 0 Å². The minimum absolute atomic E-state index is 0.132. The number of allylic oxidation sites excluding steroid dienone is 1. The van der Waals surface area contributed by atoms with Crippen LogP contribution >= 0.6 is 0 Å². The van der Waals surface area contributed by atoms with Crippen molar-refractivity contribution in [2.24, 2.45) is 5.41 Å². The lowest BCUT2D eigenvalue weighted by molar-refractivity contribution is -0.142. The first-order valence-corrected chi connectivity index (χ1v) is 5.80. The largest absolute Gasteiger partial charge is 0.368 e. The molecule has 2 aliphatic rings. The Bertz CT molecular complexity index is 492. The van der Waals surface area contributed by atoms with Gasteiger partial charge in [0.05, 0.1) is 18.8 Å². The molecule has 3 rings (SSSR count). The summed E-state index contributed by atoms with van der Waals surface area (Å²) in [7, 11) is 0. The van der Waals surface area contributed by atoms with E-state index in [1.54, 1.807) is 6.20 Å². The first kappa shape index (κ1) is 10.4. The van der Waals surface area contributed by atoms with Gasteiger partial charge in [0.2, 0.25) is 5.91 Å². The van der Waals surface area contributed by atoms with Gasteiger partial charge in [-0.3, -0.25) is 9.48 Å². The van der Waals surface area contributed by atoms with Gasteiger partial charge in [-0.2, -0.15) is 5.10 Å². The zero-order valence-electron chi connectivity index (χ0n) is 9.94. The van der Waals surface area contributed by atoms with Crippen LogP contribution in [0.3, 0.4) is 0 Å². The first-order valence-electron chi connectivity index (χ1n) is 5.80. The van der Waals surface area contributed by atoms with Crippen molar-refractivity contribution in [3.63, 3.8) is 0 Å². The molecule has 0 aromatic carbocycles. The Balaban J connectivity index is 2.00. The first-order chi connectivity index (χ1) is 8.11. The van der Waals surface area contributed by atoms with Gasteiger partial charge in [0.15, 0.2) is 0 Å². The van der Waals surface area contributed by atoms with Gasteiger partial charge in [-0.15, -0.1) is 0 Å². The van der Waals surface area contributed by atoms with Crippen molar-refractivity contribution < 1.29 is 4.79 Å². The maximum absolute atomic E-state index is 11.9. The number of hydrogen-bond donors (Lipinski definition) is 1. The summed E-state index contributed by atoms with van der Waals surface area (Å²) in [6.45, 7) is 8.89. The number of nitrogens with zero attached hydrogens (tertiary/aromatic N) is 3. The summed E-state index contributed by atoms with van der Waals surface area (Å²) in [6, 6.07) is 2.01. The van der Waals surface area contributed by atoms with E-state index >= 15 is 0 Å². The lowest BCUT2D eigenvalue weighted by Crippen LogP contribution is -2.64. The van der Waals surface area contributed by atoms with Crippen LogP contribution in [-0.4, -0.2) is 33.7 Å². The number of amides is 1. The number of rotatable bonds is 1. The zero-order valence-corrected chi connectivity index (χ0v) is 9.94. The Kier molecular flexibility index (Phi) is 2.05. The molecular weight excluding hydrogens is 216 g/mol. The second-order valence-corrected chi connectivity index (χ2v) is 5.03. The molecule has 0 bridgehead atoms. The number of carbonyl (C=O) groups is 1. The van der Waals surface area contributed by atoms with Gasteiger partial charge in [-0.25, -0.2) is 0 Å². The zero-order chi connectivity index (χ0) is 12.0. The molecule has 1 aromatic heterocycles. The summed E-state index contributed by atoms with van der Waals surface area (Å²) in [4.78, 5) is 14.0. The van der Waals surface area contributed by atoms with E-state index in [1.165, 1.54) is 0 Å². The summed E-state index contributed by atoms with van der Waals surface area (Å²) < 4.78 is 1.95. The summed E-state index contributed by atoms with van der Waals surface area (Å²) in [6.07, 6.45) is 1.79. The van der Waals surface area contributed by atoms with Gasteiger partial charge in [-0.05, 0) is 13.0 Å². The quantitative estimate of drug-likeness (QED) is 0.711. The molecule has 90 valence electrons. The molecule has 1 fully saturated rings. The number of nitrogens with one attached hydrogen (secondary N) is 1. The highest BCUT2D eigenvalue weighted by Crippen LogP contribution is 2.32. The van der Waals surface area contributed by atoms with Crippen LogP contribution in [0.2, 0.25) is 0 Å². The molecule has 5 heteroatoms. The van der Waals surface area contributed by atoms with Crippen molar-refractivity contribution in [2.45, 2.75) is 20.0 Å². The van der Waals surface area contributed by atoms with Crippen LogP contribution in [0, 0.1) is 5.41 Å². The average Bonchev–Trinajstić information content (AvgIpc) is 2.64. The van der Waals surface area contributed by atoms with Gasteiger partial charge in [0, 0.05) is 25.0 Å². The van der Waals surface area contributed by atoms with Crippen LogP contribution in [0.25, 0.3) is 0 Å². The van der Waals surface area contributed by atoms with Crippen molar-refractivity contribution >= 4 is 5.91 Å². The molecule has 1 amide bonds. The number of aromatic nitrogens is 2. The molecule has 0 saturated carbocycles. The van der Waals surface area contributed by atoms with Gasteiger partial charge >= 0.3 is 0 Å². The molecule has 3 heterocycles. The fourth-order valence-corrected chi connectivity index (χ4v) is 2.53. The van der Waals surface area contributed by atoms with Crippen LogP contribution in [0.4, 0.5) is 0 Å².